The van der Waals surface area contributed by atoms with Gasteiger partial charge in [0.05, 0.1) is 13.2 Å². The quantitative estimate of drug-likeness (QED) is 0.0272. The van der Waals surface area contributed by atoms with E-state index in [1.807, 2.05) is 6.08 Å². The fourth-order valence-electron chi connectivity index (χ4n) is 5.01. The van der Waals surface area contributed by atoms with Crippen LogP contribution in [0.1, 0.15) is 142 Å². The molecule has 0 heterocycles. The molecule has 0 aromatic heterocycles. The number of esters is 2. The topological polar surface area (TPSA) is 120 Å². The fraction of sp³-hybridized carbons (Fsp3) is 0.609. The van der Waals surface area contributed by atoms with Gasteiger partial charge in [-0.1, -0.05) is 143 Å². The van der Waals surface area contributed by atoms with E-state index in [1.165, 1.54) is 38.5 Å². The van der Waals surface area contributed by atoms with Crippen molar-refractivity contribution in [2.24, 2.45) is 0 Å². The van der Waals surface area contributed by atoms with Gasteiger partial charge in [-0.3, -0.25) is 18.6 Å². The molecule has 0 spiro atoms. The van der Waals surface area contributed by atoms with Crippen LogP contribution in [0.4, 0.5) is 0 Å². The van der Waals surface area contributed by atoms with Crippen LogP contribution < -0.4 is 5.32 Å². The molecule has 0 aromatic carbocycles. The molecule has 2 unspecified atom stereocenters. The number of phosphoric ester groups is 1. The minimum atomic E-state index is -4.38. The summed E-state index contributed by atoms with van der Waals surface area (Å²) in [4.78, 5) is 35.0. The average molecular weight is 802 g/mol. The van der Waals surface area contributed by atoms with Gasteiger partial charge in [-0.15, -0.1) is 0 Å². The third kappa shape index (κ3) is 40.6. The predicted molar refractivity (Wildman–Crippen MR) is 233 cm³/mol. The van der Waals surface area contributed by atoms with E-state index < -0.39 is 32.5 Å². The molecule has 0 aliphatic carbocycles. The van der Waals surface area contributed by atoms with Gasteiger partial charge in [-0.25, -0.2) is 4.57 Å². The van der Waals surface area contributed by atoms with E-state index in [0.717, 1.165) is 57.8 Å². The summed E-state index contributed by atoms with van der Waals surface area (Å²) >= 11 is 0. The first-order valence-corrected chi connectivity index (χ1v) is 22.7. The van der Waals surface area contributed by atoms with Gasteiger partial charge in [-0.05, 0) is 90.5 Å². The standard InChI is InChI=1S/C46H76NO8P/c1-4-6-8-10-12-14-16-18-20-22-24-26-28-30-32-34-36-38-45(48)52-42-44(43-54-56(50,51)53-41-40-47-3)55-46(49)39-37-35-33-31-29-27-25-23-21-19-17-15-13-11-9-7-5-2/h7,9,13,15,18-21,24-27,30-33,44,47H,4-6,8,10-12,14,16-17,22-23,28-29,34-43H2,1-3H3,(H,50,51)/b9-7-,15-13-,20-18-,21-19-,26-24-,27-25-,32-30-,33-31-. The van der Waals surface area contributed by atoms with Gasteiger partial charge in [0.25, 0.3) is 0 Å². The highest BCUT2D eigenvalue weighted by Gasteiger charge is 2.26. The van der Waals surface area contributed by atoms with Crippen molar-refractivity contribution in [3.63, 3.8) is 0 Å². The van der Waals surface area contributed by atoms with Gasteiger partial charge >= 0.3 is 19.8 Å². The maximum atomic E-state index is 12.6. The Morgan fingerprint density at radius 2 is 1.02 bits per heavy atom. The van der Waals surface area contributed by atoms with Crippen molar-refractivity contribution in [2.75, 3.05) is 33.4 Å². The summed E-state index contributed by atoms with van der Waals surface area (Å²) in [6, 6.07) is 0. The maximum Gasteiger partial charge on any atom is 0.472 e. The molecule has 0 aromatic rings. The Morgan fingerprint density at radius 1 is 0.571 bits per heavy atom. The molecule has 56 heavy (non-hydrogen) atoms. The number of allylic oxidation sites excluding steroid dienone is 16. The zero-order valence-corrected chi connectivity index (χ0v) is 35.9. The lowest BCUT2D eigenvalue weighted by atomic mass is 10.1. The molecule has 0 bridgehead atoms. The highest BCUT2D eigenvalue weighted by molar-refractivity contribution is 7.47. The lowest BCUT2D eigenvalue weighted by Gasteiger charge is -2.20. The summed E-state index contributed by atoms with van der Waals surface area (Å²) in [5, 5.41) is 2.81. The van der Waals surface area contributed by atoms with Crippen LogP contribution in [-0.2, 0) is 32.7 Å². The van der Waals surface area contributed by atoms with Crippen LogP contribution in [0.2, 0.25) is 0 Å². The molecule has 10 heteroatoms. The van der Waals surface area contributed by atoms with Crippen molar-refractivity contribution in [1.82, 2.24) is 5.32 Å². The van der Waals surface area contributed by atoms with Crippen LogP contribution >= 0.6 is 7.82 Å². The van der Waals surface area contributed by atoms with E-state index in [-0.39, 0.29) is 26.1 Å². The summed E-state index contributed by atoms with van der Waals surface area (Å²) < 4.78 is 33.0. The van der Waals surface area contributed by atoms with E-state index in [2.05, 4.69) is 110 Å². The number of hydrogen-bond acceptors (Lipinski definition) is 8. The minimum Gasteiger partial charge on any atom is -0.462 e. The molecule has 0 amide bonds. The summed E-state index contributed by atoms with van der Waals surface area (Å²) in [6.45, 7) is 3.95. The van der Waals surface area contributed by atoms with Gasteiger partial charge in [0.2, 0.25) is 0 Å². The Hall–Kier alpha value is -3.07. The first kappa shape index (κ1) is 52.9. The number of rotatable bonds is 38. The van der Waals surface area contributed by atoms with Crippen LogP contribution in [0.3, 0.4) is 0 Å². The minimum absolute atomic E-state index is 0.0407. The van der Waals surface area contributed by atoms with Crippen LogP contribution in [-0.4, -0.2) is 56.3 Å². The number of ether oxygens (including phenoxy) is 2. The lowest BCUT2D eigenvalue weighted by Crippen LogP contribution is -2.29. The third-order valence-electron chi connectivity index (χ3n) is 8.19. The highest BCUT2D eigenvalue weighted by atomic mass is 31.2. The van der Waals surface area contributed by atoms with Crippen molar-refractivity contribution >= 4 is 19.8 Å². The van der Waals surface area contributed by atoms with Crippen LogP contribution in [0.15, 0.2) is 97.2 Å². The van der Waals surface area contributed by atoms with Crippen molar-refractivity contribution in [1.29, 1.82) is 0 Å². The number of carbonyl (C=O) groups excluding carboxylic acids is 2. The number of nitrogens with one attached hydrogen (secondary N) is 1. The number of likely N-dealkylation sites (N-methyl/N-ethyl adjacent to an activating group) is 1. The molecule has 0 rings (SSSR count). The number of unbranched alkanes of at least 4 members (excludes halogenated alkanes) is 8. The van der Waals surface area contributed by atoms with Crippen LogP contribution in [0.25, 0.3) is 0 Å². The number of carbonyl (C=O) groups is 2. The second-order valence-corrected chi connectivity index (χ2v) is 14.9. The maximum absolute atomic E-state index is 12.6. The van der Waals surface area contributed by atoms with Crippen LogP contribution in [0, 0.1) is 0 Å². The van der Waals surface area contributed by atoms with Gasteiger partial charge in [0.15, 0.2) is 6.10 Å². The second kappa shape index (κ2) is 41.6. The zero-order valence-electron chi connectivity index (χ0n) is 35.0. The summed E-state index contributed by atoms with van der Waals surface area (Å²) in [5.41, 5.74) is 0. The zero-order chi connectivity index (χ0) is 41.1. The molecule has 2 N–H and O–H groups in total. The first-order valence-electron chi connectivity index (χ1n) is 21.2. The smallest absolute Gasteiger partial charge is 0.462 e. The fourth-order valence-corrected chi connectivity index (χ4v) is 5.77. The van der Waals surface area contributed by atoms with E-state index in [9.17, 15) is 19.0 Å². The molecule has 0 aliphatic heterocycles. The monoisotopic (exact) mass is 802 g/mol. The predicted octanol–water partition coefficient (Wildman–Crippen LogP) is 12.1. The summed E-state index contributed by atoms with van der Waals surface area (Å²) in [6.07, 6.45) is 51.8. The normalized spacial score (nSPS) is 14.3. The molecule has 0 fully saturated rings. The van der Waals surface area contributed by atoms with Crippen molar-refractivity contribution in [3.8, 4) is 0 Å². The summed E-state index contributed by atoms with van der Waals surface area (Å²) in [5.74, 6) is -0.947. The summed E-state index contributed by atoms with van der Waals surface area (Å²) in [7, 11) is -2.70. The van der Waals surface area contributed by atoms with Gasteiger partial charge < -0.3 is 19.7 Å². The molecular weight excluding hydrogens is 725 g/mol. The van der Waals surface area contributed by atoms with Gasteiger partial charge in [-0.2, -0.15) is 0 Å². The number of hydrogen-bond donors (Lipinski definition) is 2. The van der Waals surface area contributed by atoms with E-state index in [1.54, 1.807) is 7.05 Å². The third-order valence-corrected chi connectivity index (χ3v) is 9.17. The highest BCUT2D eigenvalue weighted by Crippen LogP contribution is 2.43. The lowest BCUT2D eigenvalue weighted by molar-refractivity contribution is -0.161. The Balaban J connectivity index is 4.45. The molecule has 0 radical (unpaired) electrons. The van der Waals surface area contributed by atoms with Crippen molar-refractivity contribution in [2.45, 2.75) is 148 Å². The van der Waals surface area contributed by atoms with Gasteiger partial charge in [0.1, 0.15) is 6.61 Å². The van der Waals surface area contributed by atoms with Crippen molar-refractivity contribution in [3.05, 3.63) is 97.2 Å². The van der Waals surface area contributed by atoms with E-state index in [0.29, 0.717) is 25.8 Å². The molecule has 0 aliphatic rings. The van der Waals surface area contributed by atoms with E-state index >= 15 is 0 Å². The Labute approximate surface area is 340 Å². The average Bonchev–Trinajstić information content (AvgIpc) is 3.18. The SMILES string of the molecule is CC/C=C\C/C=C\C/C=C\C/C=C\C/C=C\CCCC(=O)OC(COC(=O)CCC/C=C\C/C=C\C/C=C\CCCCCCCC)COP(=O)(O)OCCNC. The van der Waals surface area contributed by atoms with Crippen LogP contribution in [0.5, 0.6) is 0 Å². The van der Waals surface area contributed by atoms with Crippen molar-refractivity contribution < 1.29 is 37.6 Å². The number of phosphoric acid groups is 1. The molecule has 318 valence electrons. The Kier molecular flexibility index (Phi) is 39.3. The Bertz CT molecular complexity index is 1230. The first-order chi connectivity index (χ1) is 27.3. The molecule has 0 saturated carbocycles. The molecule has 9 nitrogen and oxygen atoms in total. The Morgan fingerprint density at radius 3 is 1.52 bits per heavy atom. The van der Waals surface area contributed by atoms with Gasteiger partial charge in [0, 0.05) is 19.4 Å². The molecule has 0 saturated heterocycles. The largest absolute Gasteiger partial charge is 0.472 e. The molecular formula is C46H76NO8P. The second-order valence-electron chi connectivity index (χ2n) is 13.4. The molecule has 2 atom stereocenters. The van der Waals surface area contributed by atoms with E-state index in [4.69, 9.17) is 18.5 Å².